The van der Waals surface area contributed by atoms with E-state index in [-0.39, 0.29) is 6.54 Å². The van der Waals surface area contributed by atoms with Gasteiger partial charge in [0.15, 0.2) is 6.54 Å². The van der Waals surface area contributed by atoms with E-state index in [0.29, 0.717) is 6.54 Å². The van der Waals surface area contributed by atoms with Crippen molar-refractivity contribution in [1.82, 2.24) is 0 Å². The molecule has 0 heterocycles. The third-order valence-electron chi connectivity index (χ3n) is 2.09. The number of hydrogen-bond acceptors (Lipinski definition) is 2. The van der Waals surface area contributed by atoms with Crippen LogP contribution in [0, 0.1) is 0 Å². The molecule has 0 aliphatic carbocycles. The lowest BCUT2D eigenvalue weighted by molar-refractivity contribution is -1.24. The lowest BCUT2D eigenvalue weighted by atomic mass is 10.2. The van der Waals surface area contributed by atoms with Crippen molar-refractivity contribution in [3.63, 3.8) is 0 Å². The molecule has 3 nitrogen and oxygen atoms in total. The zero-order chi connectivity index (χ0) is 11.1. The highest BCUT2D eigenvalue weighted by Crippen LogP contribution is 2.03. The normalized spacial score (nSPS) is 12.2. The Balaban J connectivity index is 2.46. The molecular weight excluding hydrogens is 190 g/mol. The van der Waals surface area contributed by atoms with Gasteiger partial charge >= 0.3 is 0 Å². The first kappa shape index (κ1) is 11.9. The predicted molar refractivity (Wildman–Crippen MR) is 59.3 cm³/mol. The molecule has 0 saturated carbocycles. The van der Waals surface area contributed by atoms with Crippen LogP contribution in [0.3, 0.4) is 0 Å². The molecule has 0 aliphatic heterocycles. The summed E-state index contributed by atoms with van der Waals surface area (Å²) in [5.41, 5.74) is 1.06. The van der Waals surface area contributed by atoms with Crippen LogP contribution in [0.25, 0.3) is 6.08 Å². The second-order valence-electron chi connectivity index (χ2n) is 3.60. The van der Waals surface area contributed by atoms with E-state index in [0.717, 1.165) is 12.0 Å². The van der Waals surface area contributed by atoms with Gasteiger partial charge in [-0.3, -0.25) is 0 Å². The maximum absolute atomic E-state index is 9.43. The number of nitrogens with zero attached hydrogens (tertiary/aromatic N) is 1. The minimum absolute atomic E-state index is 0.211. The molecule has 0 aromatic heterocycles. The van der Waals surface area contributed by atoms with Crippen molar-refractivity contribution in [3.8, 4) is 0 Å². The fraction of sp³-hybridized carbons (Fsp3) is 0.333. The third-order valence-corrected chi connectivity index (χ3v) is 2.09. The summed E-state index contributed by atoms with van der Waals surface area (Å²) in [6, 6.07) is 9.80. The first-order valence-corrected chi connectivity index (χ1v) is 5.18. The molecule has 0 radical (unpaired) electrons. The van der Waals surface area contributed by atoms with Crippen LogP contribution in [0.2, 0.25) is 0 Å². The minimum atomic E-state index is -0.931. The number of hydrogen-bond donors (Lipinski definition) is 2. The van der Waals surface area contributed by atoms with Crippen LogP contribution >= 0.6 is 0 Å². The highest BCUT2D eigenvalue weighted by atomic mass is 16.8. The van der Waals surface area contributed by atoms with E-state index >= 15 is 0 Å². The molecule has 82 valence electrons. The van der Waals surface area contributed by atoms with E-state index in [1.165, 1.54) is 0 Å². The van der Waals surface area contributed by atoms with E-state index in [4.69, 9.17) is 0 Å². The molecule has 2 N–H and O–H groups in total. The number of quaternary nitrogens is 1. The van der Waals surface area contributed by atoms with Gasteiger partial charge in [-0.15, -0.1) is 0 Å². The summed E-state index contributed by atoms with van der Waals surface area (Å²) in [4.78, 5) is -0.931. The van der Waals surface area contributed by atoms with Crippen LogP contribution in [-0.4, -0.2) is 28.3 Å². The van der Waals surface area contributed by atoms with Gasteiger partial charge in [0.1, 0.15) is 6.54 Å². The van der Waals surface area contributed by atoms with Gasteiger partial charge in [-0.05, 0) is 22.9 Å². The Labute approximate surface area is 90.4 Å². The van der Waals surface area contributed by atoms with Crippen molar-refractivity contribution in [3.05, 3.63) is 42.0 Å². The fourth-order valence-electron chi connectivity index (χ4n) is 1.37. The summed E-state index contributed by atoms with van der Waals surface area (Å²) in [5, 5.41) is 18.9. The Bertz CT molecular complexity index is 307. The topological polar surface area (TPSA) is 40.5 Å². The SMILES string of the molecule is CCC[N+](O)(O)CC=Cc1ccccc1. The third kappa shape index (κ3) is 4.74. The first-order chi connectivity index (χ1) is 7.14. The first-order valence-electron chi connectivity index (χ1n) is 5.18. The van der Waals surface area contributed by atoms with Crippen molar-refractivity contribution in [1.29, 1.82) is 0 Å². The Morgan fingerprint density at radius 2 is 1.87 bits per heavy atom. The second kappa shape index (κ2) is 5.66. The maximum atomic E-state index is 9.43. The summed E-state index contributed by atoms with van der Waals surface area (Å²) in [5.74, 6) is 0. The Kier molecular flexibility index (Phi) is 4.49. The van der Waals surface area contributed by atoms with Crippen molar-refractivity contribution in [2.45, 2.75) is 13.3 Å². The van der Waals surface area contributed by atoms with Crippen LogP contribution in [0.5, 0.6) is 0 Å². The van der Waals surface area contributed by atoms with Gasteiger partial charge in [0.25, 0.3) is 0 Å². The van der Waals surface area contributed by atoms with Gasteiger partial charge in [0, 0.05) is 0 Å². The molecule has 1 aromatic rings. The largest absolute Gasteiger partial charge is 0.182 e. The van der Waals surface area contributed by atoms with E-state index in [1.54, 1.807) is 6.08 Å². The molecule has 1 rings (SSSR count). The van der Waals surface area contributed by atoms with Crippen LogP contribution in [0.4, 0.5) is 0 Å². The Morgan fingerprint density at radius 1 is 1.20 bits per heavy atom. The quantitative estimate of drug-likeness (QED) is 0.577. The van der Waals surface area contributed by atoms with Crippen molar-refractivity contribution >= 4 is 6.08 Å². The molecule has 0 aliphatic rings. The highest BCUT2D eigenvalue weighted by molar-refractivity contribution is 5.48. The molecule has 1 aromatic carbocycles. The zero-order valence-corrected chi connectivity index (χ0v) is 9.00. The molecule has 0 spiro atoms. The van der Waals surface area contributed by atoms with Gasteiger partial charge in [0.2, 0.25) is 0 Å². The predicted octanol–water partition coefficient (Wildman–Crippen LogP) is 2.71. The molecule has 3 heteroatoms. The average molecular weight is 208 g/mol. The maximum Gasteiger partial charge on any atom is 0.160 e. The molecule has 0 unspecified atom stereocenters. The Hall–Kier alpha value is -1.16. The number of hydroxylamine groups is 4. The molecule has 0 saturated heterocycles. The summed E-state index contributed by atoms with van der Waals surface area (Å²) in [7, 11) is 0. The fourth-order valence-corrected chi connectivity index (χ4v) is 1.37. The van der Waals surface area contributed by atoms with Gasteiger partial charge in [-0.2, -0.15) is 10.4 Å². The van der Waals surface area contributed by atoms with Gasteiger partial charge in [-0.1, -0.05) is 43.3 Å². The van der Waals surface area contributed by atoms with E-state index in [1.807, 2.05) is 43.3 Å². The van der Waals surface area contributed by atoms with Crippen LogP contribution in [0.1, 0.15) is 18.9 Å². The standard InChI is InChI=1S/C12H18NO2/c1-2-10-13(14,15)11-6-9-12-7-4-3-5-8-12/h3-9,14-15H,2,10-11H2,1H3/q+1. The van der Waals surface area contributed by atoms with E-state index in [9.17, 15) is 10.4 Å². The second-order valence-corrected chi connectivity index (χ2v) is 3.60. The van der Waals surface area contributed by atoms with Crippen molar-refractivity contribution < 1.29 is 15.2 Å². The average Bonchev–Trinajstić information content (AvgIpc) is 2.19. The lowest BCUT2D eigenvalue weighted by Gasteiger charge is -2.18. The number of rotatable bonds is 5. The molecule has 0 amide bonds. The van der Waals surface area contributed by atoms with Gasteiger partial charge in [0.05, 0.1) is 0 Å². The van der Waals surface area contributed by atoms with Crippen molar-refractivity contribution in [2.75, 3.05) is 13.1 Å². The monoisotopic (exact) mass is 208 g/mol. The Morgan fingerprint density at radius 3 is 2.47 bits per heavy atom. The summed E-state index contributed by atoms with van der Waals surface area (Å²) >= 11 is 0. The van der Waals surface area contributed by atoms with E-state index < -0.39 is 4.81 Å². The zero-order valence-electron chi connectivity index (χ0n) is 9.00. The molecule has 0 bridgehead atoms. The smallest absolute Gasteiger partial charge is 0.160 e. The van der Waals surface area contributed by atoms with Gasteiger partial charge < -0.3 is 0 Å². The molecule has 0 atom stereocenters. The summed E-state index contributed by atoms with van der Waals surface area (Å²) < 4.78 is 0. The minimum Gasteiger partial charge on any atom is -0.182 e. The van der Waals surface area contributed by atoms with Crippen LogP contribution in [0.15, 0.2) is 36.4 Å². The molecule has 15 heavy (non-hydrogen) atoms. The molecular formula is C12H18NO2+. The number of benzene rings is 1. The van der Waals surface area contributed by atoms with Crippen LogP contribution < -0.4 is 0 Å². The van der Waals surface area contributed by atoms with E-state index in [2.05, 4.69) is 0 Å². The summed E-state index contributed by atoms with van der Waals surface area (Å²) in [6.07, 6.45) is 4.40. The van der Waals surface area contributed by atoms with Crippen molar-refractivity contribution in [2.24, 2.45) is 0 Å². The van der Waals surface area contributed by atoms with Gasteiger partial charge in [-0.25, -0.2) is 0 Å². The lowest BCUT2D eigenvalue weighted by Crippen LogP contribution is -2.41. The molecule has 0 fully saturated rings. The van der Waals surface area contributed by atoms with Crippen LogP contribution in [-0.2, 0) is 0 Å². The summed E-state index contributed by atoms with van der Waals surface area (Å²) in [6.45, 7) is 2.47. The highest BCUT2D eigenvalue weighted by Gasteiger charge is 2.18.